The van der Waals surface area contributed by atoms with Crippen molar-refractivity contribution in [1.29, 1.82) is 0 Å². The van der Waals surface area contributed by atoms with Crippen LogP contribution in [0.5, 0.6) is 17.2 Å². The van der Waals surface area contributed by atoms with Crippen LogP contribution in [-0.2, 0) is 9.59 Å². The number of benzene rings is 2. The molecule has 1 aliphatic heterocycles. The molecule has 0 spiro atoms. The van der Waals surface area contributed by atoms with E-state index in [0.29, 0.717) is 28.5 Å². The highest BCUT2D eigenvalue weighted by Crippen LogP contribution is 2.39. The normalized spacial score (nSPS) is 15.1. The fraction of sp³-hybridized carbons (Fsp3) is 0.158. The van der Waals surface area contributed by atoms with E-state index in [0.717, 1.165) is 4.47 Å². The average molecular weight is 433 g/mol. The van der Waals surface area contributed by atoms with Crippen LogP contribution in [-0.4, -0.2) is 33.1 Å². The van der Waals surface area contributed by atoms with Gasteiger partial charge < -0.3 is 14.2 Å². The van der Waals surface area contributed by atoms with Crippen LogP contribution in [0.25, 0.3) is 6.08 Å². The molecule has 3 rings (SSSR count). The van der Waals surface area contributed by atoms with Crippen LogP contribution in [0.3, 0.4) is 0 Å². The molecule has 1 aliphatic rings. The monoisotopic (exact) mass is 432 g/mol. The van der Waals surface area contributed by atoms with Crippen LogP contribution < -0.4 is 24.6 Å². The molecule has 0 aromatic heterocycles. The van der Waals surface area contributed by atoms with Gasteiger partial charge in [0.2, 0.25) is 5.75 Å². The van der Waals surface area contributed by atoms with Crippen molar-refractivity contribution < 1.29 is 23.8 Å². The summed E-state index contributed by atoms with van der Waals surface area (Å²) >= 11 is 3.35. The maximum absolute atomic E-state index is 12.7. The quantitative estimate of drug-likeness (QED) is 0.580. The minimum atomic E-state index is -0.492. The highest BCUT2D eigenvalue weighted by Gasteiger charge is 2.34. The second-order valence-electron chi connectivity index (χ2n) is 5.58. The van der Waals surface area contributed by atoms with E-state index in [2.05, 4.69) is 21.4 Å². The Balaban J connectivity index is 2.00. The number of carbonyl (C=O) groups is 2. The number of carbonyl (C=O) groups excluding carboxylic acids is 2. The van der Waals surface area contributed by atoms with Gasteiger partial charge in [-0.25, -0.2) is 5.01 Å². The van der Waals surface area contributed by atoms with Crippen LogP contribution in [0.15, 0.2) is 46.4 Å². The summed E-state index contributed by atoms with van der Waals surface area (Å²) in [6.45, 7) is 0. The summed E-state index contributed by atoms with van der Waals surface area (Å²) < 4.78 is 16.7. The number of nitrogens with one attached hydrogen (secondary N) is 1. The Morgan fingerprint density at radius 1 is 1.00 bits per heavy atom. The van der Waals surface area contributed by atoms with Gasteiger partial charge in [-0.2, -0.15) is 0 Å². The van der Waals surface area contributed by atoms with Crippen molar-refractivity contribution in [2.24, 2.45) is 0 Å². The van der Waals surface area contributed by atoms with Gasteiger partial charge >= 0.3 is 0 Å². The van der Waals surface area contributed by atoms with Gasteiger partial charge in [-0.1, -0.05) is 22.0 Å². The molecule has 8 heteroatoms. The van der Waals surface area contributed by atoms with Crippen molar-refractivity contribution in [3.8, 4) is 17.2 Å². The van der Waals surface area contributed by atoms with Gasteiger partial charge in [-0.05, 0) is 42.0 Å². The van der Waals surface area contributed by atoms with Gasteiger partial charge in [-0.3, -0.25) is 15.0 Å². The lowest BCUT2D eigenvalue weighted by Gasteiger charge is -2.14. The number of hydrogen-bond acceptors (Lipinski definition) is 5. The van der Waals surface area contributed by atoms with Gasteiger partial charge in [0.05, 0.1) is 27.0 Å². The van der Waals surface area contributed by atoms with Crippen LogP contribution in [0.4, 0.5) is 5.69 Å². The second-order valence-corrected chi connectivity index (χ2v) is 6.49. The predicted octanol–water partition coefficient (Wildman–Crippen LogP) is 2.94. The zero-order valence-corrected chi connectivity index (χ0v) is 16.5. The molecule has 2 amide bonds. The third-order valence-electron chi connectivity index (χ3n) is 3.96. The van der Waals surface area contributed by atoms with Crippen LogP contribution >= 0.6 is 15.9 Å². The van der Waals surface area contributed by atoms with Crippen LogP contribution in [0.1, 0.15) is 5.56 Å². The standard InChI is InChI=1S/C19H17BrN2O5/c1-25-15-8-11(9-16(26-2)17(15)27-3)7-14-18(23)21-22(19(14)24)13-6-4-5-12(20)10-13/h4-10H,1-3H3,(H,21,23)/b14-7-. The Bertz CT molecular complexity index is 916. The Morgan fingerprint density at radius 3 is 2.22 bits per heavy atom. The zero-order chi connectivity index (χ0) is 19.6. The number of ether oxygens (including phenoxy) is 3. The van der Waals surface area contributed by atoms with Crippen molar-refractivity contribution in [1.82, 2.24) is 5.43 Å². The summed E-state index contributed by atoms with van der Waals surface area (Å²) in [4.78, 5) is 25.1. The number of hydrogen-bond donors (Lipinski definition) is 1. The van der Waals surface area contributed by atoms with E-state index in [9.17, 15) is 9.59 Å². The van der Waals surface area contributed by atoms with Crippen molar-refractivity contribution in [2.45, 2.75) is 0 Å². The SMILES string of the molecule is COc1cc(/C=C2/C(=O)NN(c3cccc(Br)c3)C2=O)cc(OC)c1OC. The molecule has 1 N–H and O–H groups in total. The summed E-state index contributed by atoms with van der Waals surface area (Å²) in [6, 6.07) is 10.4. The molecule has 27 heavy (non-hydrogen) atoms. The Labute approximate surface area is 164 Å². The maximum atomic E-state index is 12.7. The first kappa shape index (κ1) is 18.8. The maximum Gasteiger partial charge on any atom is 0.282 e. The number of hydrazine groups is 1. The lowest BCUT2D eigenvalue weighted by Crippen LogP contribution is -2.35. The van der Waals surface area contributed by atoms with E-state index in [1.165, 1.54) is 32.4 Å². The molecule has 0 atom stereocenters. The molecule has 2 aromatic rings. The van der Waals surface area contributed by atoms with E-state index >= 15 is 0 Å². The van der Waals surface area contributed by atoms with Crippen LogP contribution in [0, 0.1) is 0 Å². The third kappa shape index (κ3) is 3.61. The number of halogens is 1. The van der Waals surface area contributed by atoms with Gasteiger partial charge in [0.15, 0.2) is 11.5 Å². The molecular weight excluding hydrogens is 416 g/mol. The van der Waals surface area contributed by atoms with Crippen LogP contribution in [0.2, 0.25) is 0 Å². The first-order valence-electron chi connectivity index (χ1n) is 7.91. The van der Waals surface area contributed by atoms with Gasteiger partial charge in [-0.15, -0.1) is 0 Å². The lowest BCUT2D eigenvalue weighted by molar-refractivity contribution is -0.117. The lowest BCUT2D eigenvalue weighted by atomic mass is 10.1. The number of nitrogens with zero attached hydrogens (tertiary/aromatic N) is 1. The predicted molar refractivity (Wildman–Crippen MR) is 104 cm³/mol. The number of rotatable bonds is 5. The summed E-state index contributed by atoms with van der Waals surface area (Å²) in [5, 5.41) is 1.21. The third-order valence-corrected chi connectivity index (χ3v) is 4.45. The van der Waals surface area contributed by atoms with E-state index in [1.54, 1.807) is 30.3 Å². The molecule has 0 radical (unpaired) electrons. The fourth-order valence-corrected chi connectivity index (χ4v) is 3.09. The number of anilines is 1. The molecule has 1 saturated heterocycles. The summed E-state index contributed by atoms with van der Waals surface area (Å²) in [5.41, 5.74) is 3.69. The molecule has 2 aromatic carbocycles. The largest absolute Gasteiger partial charge is 0.493 e. The molecule has 0 aliphatic carbocycles. The molecule has 1 heterocycles. The summed E-state index contributed by atoms with van der Waals surface area (Å²) in [6.07, 6.45) is 1.49. The fourth-order valence-electron chi connectivity index (χ4n) is 2.71. The van der Waals surface area contributed by atoms with E-state index in [4.69, 9.17) is 14.2 Å². The van der Waals surface area contributed by atoms with Gasteiger partial charge in [0, 0.05) is 4.47 Å². The molecule has 1 fully saturated rings. The summed E-state index contributed by atoms with van der Waals surface area (Å²) in [5.74, 6) is 0.345. The van der Waals surface area contributed by atoms with E-state index in [-0.39, 0.29) is 5.57 Å². The molecule has 0 unspecified atom stereocenters. The van der Waals surface area contributed by atoms with E-state index < -0.39 is 11.8 Å². The van der Waals surface area contributed by atoms with Crippen molar-refractivity contribution in [2.75, 3.05) is 26.3 Å². The minimum Gasteiger partial charge on any atom is -0.493 e. The summed E-state index contributed by atoms with van der Waals surface area (Å²) in [7, 11) is 4.50. The first-order chi connectivity index (χ1) is 13.0. The molecular formula is C19H17BrN2O5. The van der Waals surface area contributed by atoms with E-state index in [1.807, 2.05) is 6.07 Å². The van der Waals surface area contributed by atoms with Crippen molar-refractivity contribution in [3.05, 3.63) is 52.0 Å². The molecule has 0 saturated carbocycles. The van der Waals surface area contributed by atoms with Crippen molar-refractivity contribution >= 4 is 39.5 Å². The van der Waals surface area contributed by atoms with Gasteiger partial charge in [0.1, 0.15) is 5.57 Å². The Hall–Kier alpha value is -3.00. The van der Waals surface area contributed by atoms with Crippen molar-refractivity contribution in [3.63, 3.8) is 0 Å². The molecule has 0 bridgehead atoms. The molecule has 7 nitrogen and oxygen atoms in total. The minimum absolute atomic E-state index is 0.00393. The highest BCUT2D eigenvalue weighted by atomic mass is 79.9. The number of methoxy groups -OCH3 is 3. The molecule has 140 valence electrons. The average Bonchev–Trinajstić information content (AvgIpc) is 2.95. The van der Waals surface area contributed by atoms with Gasteiger partial charge in [0.25, 0.3) is 11.8 Å². The smallest absolute Gasteiger partial charge is 0.282 e. The number of amides is 2. The Morgan fingerprint density at radius 2 is 1.67 bits per heavy atom. The topological polar surface area (TPSA) is 77.1 Å². The Kier molecular flexibility index (Phi) is 5.36. The first-order valence-corrected chi connectivity index (χ1v) is 8.70. The second kappa shape index (κ2) is 7.71. The zero-order valence-electron chi connectivity index (χ0n) is 14.9. The highest BCUT2D eigenvalue weighted by molar-refractivity contribution is 9.10.